The Morgan fingerprint density at radius 3 is 1.46 bits per heavy atom. The van der Waals surface area contributed by atoms with E-state index in [1.807, 2.05) is 0 Å². The van der Waals surface area contributed by atoms with Crippen LogP contribution in [-0.2, 0) is 0 Å². The van der Waals surface area contributed by atoms with Gasteiger partial charge in [0.05, 0.1) is 42.7 Å². The first-order valence-corrected chi connectivity index (χ1v) is 7.68. The Morgan fingerprint density at radius 1 is 0.615 bits per heavy atom. The predicted octanol–water partition coefficient (Wildman–Crippen LogP) is 3.22. The van der Waals surface area contributed by atoms with Crippen molar-refractivity contribution < 1.29 is 33.2 Å². The van der Waals surface area contributed by atoms with Crippen LogP contribution in [0.2, 0.25) is 0 Å². The molecule has 0 unspecified atom stereocenters. The van der Waals surface area contributed by atoms with Crippen LogP contribution in [0.15, 0.2) is 18.2 Å². The lowest BCUT2D eigenvalue weighted by molar-refractivity contribution is 0.112. The van der Waals surface area contributed by atoms with Crippen LogP contribution in [0, 0.1) is 0 Å². The van der Waals surface area contributed by atoms with Gasteiger partial charge in [-0.15, -0.1) is 0 Å². The van der Waals surface area contributed by atoms with Crippen molar-refractivity contribution in [3.8, 4) is 45.6 Å². The molecular formula is C19H22O7. The summed E-state index contributed by atoms with van der Waals surface area (Å²) in [4.78, 5) is 11.7. The average molecular weight is 362 g/mol. The third kappa shape index (κ3) is 3.20. The summed E-state index contributed by atoms with van der Waals surface area (Å²) in [5.41, 5.74) is 1.53. The molecule has 0 radical (unpaired) electrons. The van der Waals surface area contributed by atoms with Gasteiger partial charge in [-0.25, -0.2) is 0 Å². The Morgan fingerprint density at radius 2 is 1.08 bits per heavy atom. The quantitative estimate of drug-likeness (QED) is 0.668. The highest BCUT2D eigenvalue weighted by molar-refractivity contribution is 5.94. The molecule has 0 saturated carbocycles. The monoisotopic (exact) mass is 362 g/mol. The minimum atomic E-state index is 0.364. The van der Waals surface area contributed by atoms with Gasteiger partial charge in [0.1, 0.15) is 0 Å². The molecule has 0 bridgehead atoms. The molecule has 0 atom stereocenters. The van der Waals surface area contributed by atoms with Gasteiger partial charge in [-0.1, -0.05) is 0 Å². The minimum Gasteiger partial charge on any atom is -0.493 e. The van der Waals surface area contributed by atoms with Crippen molar-refractivity contribution in [2.45, 2.75) is 0 Å². The first kappa shape index (κ1) is 19.2. The maximum absolute atomic E-state index is 11.7. The Bertz CT molecular complexity index is 774. The van der Waals surface area contributed by atoms with Gasteiger partial charge in [0.15, 0.2) is 29.3 Å². The predicted molar refractivity (Wildman–Crippen MR) is 96.6 cm³/mol. The van der Waals surface area contributed by atoms with Crippen LogP contribution in [0.4, 0.5) is 0 Å². The molecule has 26 heavy (non-hydrogen) atoms. The molecule has 0 amide bonds. The molecule has 0 saturated heterocycles. The standard InChI is InChI=1S/C19H22O7/c1-21-13-7-11(8-14(22-2)17(13)24-4)16-12(10-20)9-15(23-3)18(25-5)19(16)26-6/h7-10H,1-6H3. The van der Waals surface area contributed by atoms with Gasteiger partial charge in [-0.05, 0) is 23.8 Å². The molecule has 0 fully saturated rings. The van der Waals surface area contributed by atoms with Gasteiger partial charge in [0, 0.05) is 11.1 Å². The molecule has 0 N–H and O–H groups in total. The zero-order chi connectivity index (χ0) is 19.3. The van der Waals surface area contributed by atoms with Crippen molar-refractivity contribution in [1.29, 1.82) is 0 Å². The summed E-state index contributed by atoms with van der Waals surface area (Å²) in [6, 6.07) is 5.06. The molecule has 0 aliphatic heterocycles. The molecule has 7 heteroatoms. The molecule has 2 aromatic carbocycles. The SMILES string of the molecule is COc1cc(-c2c(C=O)cc(OC)c(OC)c2OC)cc(OC)c1OC. The summed E-state index contributed by atoms with van der Waals surface area (Å²) in [6.45, 7) is 0. The fourth-order valence-electron chi connectivity index (χ4n) is 2.79. The lowest BCUT2D eigenvalue weighted by Crippen LogP contribution is -2.02. The van der Waals surface area contributed by atoms with E-state index in [1.54, 1.807) is 18.2 Å². The third-order valence-corrected chi connectivity index (χ3v) is 3.94. The summed E-state index contributed by atoms with van der Waals surface area (Å²) in [6.07, 6.45) is 0.725. The topological polar surface area (TPSA) is 72.5 Å². The smallest absolute Gasteiger partial charge is 0.203 e. The van der Waals surface area contributed by atoms with E-state index in [4.69, 9.17) is 28.4 Å². The van der Waals surface area contributed by atoms with E-state index in [0.29, 0.717) is 51.2 Å². The molecule has 140 valence electrons. The van der Waals surface area contributed by atoms with Crippen molar-refractivity contribution in [1.82, 2.24) is 0 Å². The molecule has 0 aliphatic carbocycles. The van der Waals surface area contributed by atoms with Crippen LogP contribution in [0.25, 0.3) is 11.1 Å². The van der Waals surface area contributed by atoms with Crippen LogP contribution >= 0.6 is 0 Å². The Hall–Kier alpha value is -3.09. The summed E-state index contributed by atoms with van der Waals surface area (Å²) in [5, 5.41) is 0. The fourth-order valence-corrected chi connectivity index (χ4v) is 2.79. The van der Waals surface area contributed by atoms with Crippen molar-refractivity contribution in [3.05, 3.63) is 23.8 Å². The maximum atomic E-state index is 11.7. The lowest BCUT2D eigenvalue weighted by atomic mass is 9.97. The highest BCUT2D eigenvalue weighted by Gasteiger charge is 2.24. The Labute approximate surface area is 152 Å². The van der Waals surface area contributed by atoms with Crippen molar-refractivity contribution >= 4 is 6.29 Å². The van der Waals surface area contributed by atoms with Crippen LogP contribution < -0.4 is 28.4 Å². The number of carbonyl (C=O) groups is 1. The van der Waals surface area contributed by atoms with Crippen LogP contribution in [0.3, 0.4) is 0 Å². The molecular weight excluding hydrogens is 340 g/mol. The number of methoxy groups -OCH3 is 6. The van der Waals surface area contributed by atoms with E-state index in [-0.39, 0.29) is 0 Å². The van der Waals surface area contributed by atoms with Gasteiger partial charge in [0.2, 0.25) is 11.5 Å². The van der Waals surface area contributed by atoms with Crippen LogP contribution in [0.5, 0.6) is 34.5 Å². The van der Waals surface area contributed by atoms with Gasteiger partial charge in [-0.3, -0.25) is 4.79 Å². The zero-order valence-corrected chi connectivity index (χ0v) is 15.7. The molecule has 0 aliphatic rings. The Balaban J connectivity index is 2.89. The molecule has 2 aromatic rings. The Kier molecular flexibility index (Phi) is 6.16. The molecule has 0 spiro atoms. The first-order valence-electron chi connectivity index (χ1n) is 7.68. The third-order valence-electron chi connectivity index (χ3n) is 3.94. The van der Waals surface area contributed by atoms with Crippen LogP contribution in [-0.4, -0.2) is 48.9 Å². The molecule has 0 aromatic heterocycles. The average Bonchev–Trinajstić information content (AvgIpc) is 2.70. The van der Waals surface area contributed by atoms with Crippen molar-refractivity contribution in [2.24, 2.45) is 0 Å². The number of hydrogen-bond acceptors (Lipinski definition) is 7. The highest BCUT2D eigenvalue weighted by atomic mass is 16.5. The fraction of sp³-hybridized carbons (Fsp3) is 0.316. The molecule has 2 rings (SSSR count). The summed E-state index contributed by atoms with van der Waals surface area (Å²) >= 11 is 0. The lowest BCUT2D eigenvalue weighted by Gasteiger charge is -2.19. The number of hydrogen-bond donors (Lipinski definition) is 0. The van der Waals surface area contributed by atoms with E-state index >= 15 is 0 Å². The minimum absolute atomic E-state index is 0.364. The molecule has 7 nitrogen and oxygen atoms in total. The van der Waals surface area contributed by atoms with Gasteiger partial charge >= 0.3 is 0 Å². The zero-order valence-electron chi connectivity index (χ0n) is 15.7. The number of ether oxygens (including phenoxy) is 6. The van der Waals surface area contributed by atoms with Crippen molar-refractivity contribution in [3.63, 3.8) is 0 Å². The summed E-state index contributed by atoms with van der Waals surface area (Å²) in [5.74, 6) is 2.49. The second kappa shape index (κ2) is 8.33. The molecule has 0 heterocycles. The highest BCUT2D eigenvalue weighted by Crippen LogP contribution is 2.49. The number of aldehydes is 1. The number of benzene rings is 2. The summed E-state index contributed by atoms with van der Waals surface area (Å²) < 4.78 is 32.4. The second-order valence-corrected chi connectivity index (χ2v) is 5.14. The van der Waals surface area contributed by atoms with Gasteiger partial charge < -0.3 is 28.4 Å². The van der Waals surface area contributed by atoms with E-state index in [9.17, 15) is 4.79 Å². The normalized spacial score (nSPS) is 10.1. The van der Waals surface area contributed by atoms with Crippen molar-refractivity contribution in [2.75, 3.05) is 42.7 Å². The largest absolute Gasteiger partial charge is 0.493 e. The maximum Gasteiger partial charge on any atom is 0.203 e. The van der Waals surface area contributed by atoms with Gasteiger partial charge in [-0.2, -0.15) is 0 Å². The van der Waals surface area contributed by atoms with Crippen LogP contribution in [0.1, 0.15) is 10.4 Å². The first-order chi connectivity index (χ1) is 12.6. The van der Waals surface area contributed by atoms with E-state index in [1.165, 1.54) is 42.7 Å². The van der Waals surface area contributed by atoms with E-state index in [2.05, 4.69) is 0 Å². The van der Waals surface area contributed by atoms with E-state index < -0.39 is 0 Å². The second-order valence-electron chi connectivity index (χ2n) is 5.14. The van der Waals surface area contributed by atoms with E-state index in [0.717, 1.165) is 6.29 Å². The van der Waals surface area contributed by atoms with Gasteiger partial charge in [0.25, 0.3) is 0 Å². The number of rotatable bonds is 8. The summed E-state index contributed by atoms with van der Waals surface area (Å²) in [7, 11) is 9.05. The number of carbonyl (C=O) groups excluding carboxylic acids is 1.